The van der Waals surface area contributed by atoms with Crippen LogP contribution in [0.15, 0.2) is 5.11 Å². The van der Waals surface area contributed by atoms with Crippen molar-refractivity contribution in [1.29, 1.82) is 0 Å². The van der Waals surface area contributed by atoms with E-state index >= 15 is 0 Å². The van der Waals surface area contributed by atoms with Gasteiger partial charge in [0, 0.05) is 11.5 Å². The van der Waals surface area contributed by atoms with Gasteiger partial charge in [0.15, 0.2) is 0 Å². The Bertz CT molecular complexity index is 117. The molecule has 0 aromatic carbocycles. The van der Waals surface area contributed by atoms with Crippen LogP contribution in [0.5, 0.6) is 0 Å². The molecule has 0 spiro atoms. The minimum atomic E-state index is 0.669. The van der Waals surface area contributed by atoms with Crippen LogP contribution in [0.3, 0.4) is 0 Å². The molecule has 0 aromatic rings. The molecular formula is C8H17N3. The third kappa shape index (κ3) is 9.31. The number of nitrogens with zero attached hydrogens (tertiary/aromatic N) is 3. The average Bonchev–Trinajstić information content (AvgIpc) is 2.03. The lowest BCUT2D eigenvalue weighted by Crippen LogP contribution is -1.81. The third-order valence-corrected chi connectivity index (χ3v) is 1.67. The van der Waals surface area contributed by atoms with E-state index in [1.54, 1.807) is 0 Å². The van der Waals surface area contributed by atoms with Gasteiger partial charge in [-0.1, -0.05) is 44.1 Å². The summed E-state index contributed by atoms with van der Waals surface area (Å²) in [7, 11) is 0. The summed E-state index contributed by atoms with van der Waals surface area (Å²) in [4.78, 5) is 2.69. The molecule has 3 heteroatoms. The van der Waals surface area contributed by atoms with Gasteiger partial charge >= 0.3 is 0 Å². The van der Waals surface area contributed by atoms with Crippen molar-refractivity contribution >= 4 is 0 Å². The van der Waals surface area contributed by atoms with Crippen molar-refractivity contribution in [3.05, 3.63) is 10.4 Å². The maximum Gasteiger partial charge on any atom is 0.0257 e. The van der Waals surface area contributed by atoms with Gasteiger partial charge in [-0.15, -0.1) is 0 Å². The number of hydrogen-bond acceptors (Lipinski definition) is 1. The molecule has 0 saturated heterocycles. The summed E-state index contributed by atoms with van der Waals surface area (Å²) in [5.41, 5.74) is 7.97. The largest absolute Gasteiger partial charge is 0.0940 e. The number of hydrogen-bond donors (Lipinski definition) is 0. The fourth-order valence-electron chi connectivity index (χ4n) is 1.01. The molecule has 3 nitrogen and oxygen atoms in total. The third-order valence-electron chi connectivity index (χ3n) is 1.67. The van der Waals surface area contributed by atoms with E-state index < -0.39 is 0 Å². The highest BCUT2D eigenvalue weighted by molar-refractivity contribution is 4.48. The summed E-state index contributed by atoms with van der Waals surface area (Å²) in [5.74, 6) is 0. The lowest BCUT2D eigenvalue weighted by Gasteiger charge is -1.96. The van der Waals surface area contributed by atoms with Gasteiger partial charge in [0.1, 0.15) is 0 Å². The lowest BCUT2D eigenvalue weighted by atomic mass is 10.1. The van der Waals surface area contributed by atoms with E-state index in [0.717, 1.165) is 6.42 Å². The smallest absolute Gasteiger partial charge is 0.0257 e. The second kappa shape index (κ2) is 9.31. The molecule has 64 valence electrons. The van der Waals surface area contributed by atoms with Crippen molar-refractivity contribution in [1.82, 2.24) is 0 Å². The number of azide groups is 1. The Balaban J connectivity index is 2.84. The fourth-order valence-corrected chi connectivity index (χ4v) is 1.01. The predicted octanol–water partition coefficient (Wildman–Crippen LogP) is 3.66. The van der Waals surface area contributed by atoms with E-state index in [1.807, 2.05) is 0 Å². The number of rotatable bonds is 7. The van der Waals surface area contributed by atoms with Gasteiger partial charge in [-0.2, -0.15) is 0 Å². The van der Waals surface area contributed by atoms with Gasteiger partial charge in [-0.3, -0.25) is 0 Å². The monoisotopic (exact) mass is 155 g/mol. The molecule has 0 aromatic heterocycles. The maximum atomic E-state index is 7.97. The van der Waals surface area contributed by atoms with E-state index in [-0.39, 0.29) is 0 Å². The number of unbranched alkanes of at least 4 members (excludes halogenated alkanes) is 5. The zero-order valence-electron chi connectivity index (χ0n) is 7.29. The van der Waals surface area contributed by atoms with Crippen LogP contribution in [-0.2, 0) is 0 Å². The van der Waals surface area contributed by atoms with Crippen molar-refractivity contribution in [2.24, 2.45) is 5.11 Å². The van der Waals surface area contributed by atoms with Crippen LogP contribution in [0.25, 0.3) is 10.4 Å². The SMILES string of the molecule is CCCCCCCCN=[N+]=[N-]. The van der Waals surface area contributed by atoms with Crippen LogP contribution in [0, 0.1) is 0 Å². The normalized spacial score (nSPS) is 9.18. The van der Waals surface area contributed by atoms with E-state index in [2.05, 4.69) is 16.9 Å². The Kier molecular flexibility index (Phi) is 8.73. The van der Waals surface area contributed by atoms with Crippen molar-refractivity contribution in [3.63, 3.8) is 0 Å². The van der Waals surface area contributed by atoms with Gasteiger partial charge in [0.2, 0.25) is 0 Å². The molecule has 0 amide bonds. The van der Waals surface area contributed by atoms with E-state index in [4.69, 9.17) is 5.53 Å². The first-order valence-electron chi connectivity index (χ1n) is 4.42. The quantitative estimate of drug-likeness (QED) is 0.233. The van der Waals surface area contributed by atoms with Gasteiger partial charge in [-0.25, -0.2) is 0 Å². The highest BCUT2D eigenvalue weighted by Gasteiger charge is 1.87. The highest BCUT2D eigenvalue weighted by Crippen LogP contribution is 2.04. The van der Waals surface area contributed by atoms with E-state index in [0.29, 0.717) is 6.54 Å². The molecule has 0 rings (SSSR count). The van der Waals surface area contributed by atoms with Crippen molar-refractivity contribution in [2.45, 2.75) is 45.4 Å². The molecule has 0 bridgehead atoms. The minimum Gasteiger partial charge on any atom is -0.0940 e. The second-order valence-corrected chi connectivity index (χ2v) is 2.72. The summed E-state index contributed by atoms with van der Waals surface area (Å²) in [6.45, 7) is 2.88. The Labute approximate surface area is 68.4 Å². The Morgan fingerprint density at radius 2 is 1.73 bits per heavy atom. The van der Waals surface area contributed by atoms with Gasteiger partial charge in [0.25, 0.3) is 0 Å². The molecule has 0 fully saturated rings. The van der Waals surface area contributed by atoms with Crippen LogP contribution in [0.1, 0.15) is 45.4 Å². The molecule has 0 aliphatic rings. The molecule has 0 heterocycles. The van der Waals surface area contributed by atoms with Crippen molar-refractivity contribution in [3.8, 4) is 0 Å². The highest BCUT2D eigenvalue weighted by atomic mass is 15.1. The van der Waals surface area contributed by atoms with Crippen molar-refractivity contribution < 1.29 is 0 Å². The minimum absolute atomic E-state index is 0.669. The summed E-state index contributed by atoms with van der Waals surface area (Å²) < 4.78 is 0. The summed E-state index contributed by atoms with van der Waals surface area (Å²) in [6.07, 6.45) is 7.49. The van der Waals surface area contributed by atoms with Crippen LogP contribution in [-0.4, -0.2) is 6.54 Å². The molecule has 11 heavy (non-hydrogen) atoms. The van der Waals surface area contributed by atoms with Crippen LogP contribution < -0.4 is 0 Å². The Morgan fingerprint density at radius 1 is 1.09 bits per heavy atom. The topological polar surface area (TPSA) is 48.8 Å². The molecule has 0 atom stereocenters. The molecular weight excluding hydrogens is 138 g/mol. The standard InChI is InChI=1S/C8H17N3/c1-2-3-4-5-6-7-8-10-11-9/h2-8H2,1H3. The van der Waals surface area contributed by atoms with E-state index in [1.165, 1.54) is 32.1 Å². The maximum absolute atomic E-state index is 7.97. The average molecular weight is 155 g/mol. The molecule has 0 unspecified atom stereocenters. The van der Waals surface area contributed by atoms with Crippen LogP contribution in [0.2, 0.25) is 0 Å². The second-order valence-electron chi connectivity index (χ2n) is 2.72. The molecule has 0 aliphatic heterocycles. The van der Waals surface area contributed by atoms with E-state index in [9.17, 15) is 0 Å². The summed E-state index contributed by atoms with van der Waals surface area (Å²) in [6, 6.07) is 0. The zero-order chi connectivity index (χ0) is 8.36. The zero-order valence-corrected chi connectivity index (χ0v) is 7.29. The molecule has 0 aliphatic carbocycles. The van der Waals surface area contributed by atoms with Gasteiger partial charge in [0.05, 0.1) is 0 Å². The Morgan fingerprint density at radius 3 is 2.36 bits per heavy atom. The first-order valence-corrected chi connectivity index (χ1v) is 4.42. The fraction of sp³-hybridized carbons (Fsp3) is 1.00. The molecule has 0 N–H and O–H groups in total. The Hall–Kier alpha value is -0.690. The molecule has 0 saturated carbocycles. The van der Waals surface area contributed by atoms with Gasteiger partial charge in [-0.05, 0) is 12.0 Å². The van der Waals surface area contributed by atoms with Crippen LogP contribution in [0.4, 0.5) is 0 Å². The predicted molar refractivity (Wildman–Crippen MR) is 47.4 cm³/mol. The first kappa shape index (κ1) is 10.3. The first-order chi connectivity index (χ1) is 5.41. The lowest BCUT2D eigenvalue weighted by molar-refractivity contribution is 0.611. The van der Waals surface area contributed by atoms with Gasteiger partial charge < -0.3 is 0 Å². The van der Waals surface area contributed by atoms with Crippen molar-refractivity contribution in [2.75, 3.05) is 6.54 Å². The van der Waals surface area contributed by atoms with Crippen LogP contribution >= 0.6 is 0 Å². The molecule has 0 radical (unpaired) electrons. The summed E-state index contributed by atoms with van der Waals surface area (Å²) in [5, 5.41) is 3.47. The summed E-state index contributed by atoms with van der Waals surface area (Å²) >= 11 is 0.